The van der Waals surface area contributed by atoms with Crippen molar-refractivity contribution in [3.05, 3.63) is 17.5 Å². The Kier molecular flexibility index (Phi) is 7.14. The Labute approximate surface area is 113 Å². The molecule has 0 aliphatic carbocycles. The first-order chi connectivity index (χ1) is 9.19. The van der Waals surface area contributed by atoms with E-state index in [-0.39, 0.29) is 11.7 Å². The number of nitrogens with zero attached hydrogens (tertiary/aromatic N) is 1. The van der Waals surface area contributed by atoms with Gasteiger partial charge in [0, 0.05) is 38.7 Å². The van der Waals surface area contributed by atoms with Crippen LogP contribution >= 0.6 is 0 Å². The zero-order valence-corrected chi connectivity index (χ0v) is 11.9. The molecule has 0 fully saturated rings. The molecule has 0 aliphatic rings. The van der Waals surface area contributed by atoms with Crippen molar-refractivity contribution in [3.8, 4) is 0 Å². The summed E-state index contributed by atoms with van der Waals surface area (Å²) in [6.45, 7) is 6.80. The minimum Gasteiger partial charge on any atom is -0.383 e. The van der Waals surface area contributed by atoms with Crippen molar-refractivity contribution < 1.29 is 14.1 Å². The van der Waals surface area contributed by atoms with Crippen LogP contribution in [0.4, 0.5) is 0 Å². The molecule has 1 rings (SSSR count). The number of hydrogen-bond acceptors (Lipinski definition) is 5. The van der Waals surface area contributed by atoms with Crippen LogP contribution in [0.25, 0.3) is 0 Å². The van der Waals surface area contributed by atoms with Crippen LogP contribution in [0, 0.1) is 0 Å². The number of methoxy groups -OCH3 is 1. The maximum Gasteiger partial charge on any atom is 0.289 e. The van der Waals surface area contributed by atoms with Gasteiger partial charge in [0.15, 0.2) is 0 Å². The third-order valence-electron chi connectivity index (χ3n) is 2.94. The van der Waals surface area contributed by atoms with Crippen LogP contribution in [0.5, 0.6) is 0 Å². The molecule has 0 radical (unpaired) electrons. The number of amides is 1. The minimum absolute atomic E-state index is 0.226. The summed E-state index contributed by atoms with van der Waals surface area (Å²) < 4.78 is 9.94. The first kappa shape index (κ1) is 15.7. The van der Waals surface area contributed by atoms with Crippen molar-refractivity contribution in [2.45, 2.75) is 26.2 Å². The van der Waals surface area contributed by atoms with Crippen LogP contribution in [-0.4, -0.2) is 44.4 Å². The van der Waals surface area contributed by atoms with Gasteiger partial charge in [-0.05, 0) is 6.42 Å². The van der Waals surface area contributed by atoms with Gasteiger partial charge in [0.1, 0.15) is 0 Å². The van der Waals surface area contributed by atoms with E-state index in [1.54, 1.807) is 13.2 Å². The van der Waals surface area contributed by atoms with E-state index in [0.717, 1.165) is 18.7 Å². The Morgan fingerprint density at radius 1 is 1.47 bits per heavy atom. The van der Waals surface area contributed by atoms with E-state index >= 15 is 0 Å². The molecule has 6 nitrogen and oxygen atoms in total. The van der Waals surface area contributed by atoms with Crippen molar-refractivity contribution in [1.29, 1.82) is 0 Å². The van der Waals surface area contributed by atoms with Gasteiger partial charge in [-0.25, -0.2) is 0 Å². The summed E-state index contributed by atoms with van der Waals surface area (Å²) in [5.41, 5.74) is 0.825. The third kappa shape index (κ3) is 5.40. The SMILES string of the molecule is CCC(C)c1cc(C(=O)NCCNCCOC)on1. The molecule has 0 saturated carbocycles. The first-order valence-electron chi connectivity index (χ1n) is 6.63. The van der Waals surface area contributed by atoms with Crippen LogP contribution in [-0.2, 0) is 4.74 Å². The molecule has 1 amide bonds. The van der Waals surface area contributed by atoms with E-state index in [1.165, 1.54) is 0 Å². The fourth-order valence-corrected chi connectivity index (χ4v) is 1.49. The number of ether oxygens (including phenoxy) is 1. The number of rotatable bonds is 9. The van der Waals surface area contributed by atoms with Gasteiger partial charge in [0.2, 0.25) is 5.76 Å². The smallest absolute Gasteiger partial charge is 0.289 e. The normalized spacial score (nSPS) is 12.4. The second kappa shape index (κ2) is 8.66. The number of carbonyl (C=O) groups excluding carboxylic acids is 1. The molecule has 1 aromatic heterocycles. The molecule has 1 aromatic rings. The van der Waals surface area contributed by atoms with Gasteiger partial charge in [-0.3, -0.25) is 4.79 Å². The van der Waals surface area contributed by atoms with E-state index in [4.69, 9.17) is 9.26 Å². The molecule has 0 spiro atoms. The largest absolute Gasteiger partial charge is 0.383 e. The molecule has 2 N–H and O–H groups in total. The van der Waals surface area contributed by atoms with Gasteiger partial charge in [0.05, 0.1) is 12.3 Å². The van der Waals surface area contributed by atoms with Gasteiger partial charge < -0.3 is 19.9 Å². The van der Waals surface area contributed by atoms with Crippen molar-refractivity contribution in [2.75, 3.05) is 33.4 Å². The zero-order valence-electron chi connectivity index (χ0n) is 11.9. The van der Waals surface area contributed by atoms with E-state index in [1.807, 2.05) is 0 Å². The van der Waals surface area contributed by atoms with Crippen molar-refractivity contribution in [3.63, 3.8) is 0 Å². The first-order valence-corrected chi connectivity index (χ1v) is 6.63. The highest BCUT2D eigenvalue weighted by Gasteiger charge is 2.15. The molecule has 1 heterocycles. The van der Waals surface area contributed by atoms with Crippen molar-refractivity contribution in [1.82, 2.24) is 15.8 Å². The molecule has 6 heteroatoms. The predicted molar refractivity (Wildman–Crippen MR) is 72.3 cm³/mol. The fourth-order valence-electron chi connectivity index (χ4n) is 1.49. The summed E-state index contributed by atoms with van der Waals surface area (Å²) in [6, 6.07) is 1.71. The monoisotopic (exact) mass is 269 g/mol. The standard InChI is InChI=1S/C13H23N3O3/c1-4-10(2)11-9-12(19-16-11)13(17)15-6-5-14-7-8-18-3/h9-10,14H,4-8H2,1-3H3,(H,15,17). The molecular weight excluding hydrogens is 246 g/mol. The quantitative estimate of drug-likeness (QED) is 0.658. The lowest BCUT2D eigenvalue weighted by Crippen LogP contribution is -2.32. The maximum atomic E-state index is 11.8. The topological polar surface area (TPSA) is 76.4 Å². The minimum atomic E-state index is -0.226. The van der Waals surface area contributed by atoms with E-state index in [2.05, 4.69) is 29.6 Å². The third-order valence-corrected chi connectivity index (χ3v) is 2.94. The van der Waals surface area contributed by atoms with Crippen LogP contribution in [0.2, 0.25) is 0 Å². The van der Waals surface area contributed by atoms with Gasteiger partial charge in [-0.15, -0.1) is 0 Å². The summed E-state index contributed by atoms with van der Waals surface area (Å²) >= 11 is 0. The lowest BCUT2D eigenvalue weighted by molar-refractivity contribution is 0.0916. The highest BCUT2D eigenvalue weighted by Crippen LogP contribution is 2.17. The summed E-state index contributed by atoms with van der Waals surface area (Å²) in [6.07, 6.45) is 0.969. The molecule has 0 aromatic carbocycles. The average molecular weight is 269 g/mol. The Balaban J connectivity index is 2.27. The Morgan fingerprint density at radius 3 is 2.95 bits per heavy atom. The molecule has 19 heavy (non-hydrogen) atoms. The molecule has 1 atom stereocenters. The number of hydrogen-bond donors (Lipinski definition) is 2. The van der Waals surface area contributed by atoms with Crippen LogP contribution < -0.4 is 10.6 Å². The summed E-state index contributed by atoms with van der Waals surface area (Å²) in [5.74, 6) is 0.351. The Morgan fingerprint density at radius 2 is 2.26 bits per heavy atom. The van der Waals surface area contributed by atoms with E-state index < -0.39 is 0 Å². The highest BCUT2D eigenvalue weighted by atomic mass is 16.5. The average Bonchev–Trinajstić information content (AvgIpc) is 2.91. The van der Waals surface area contributed by atoms with Crippen LogP contribution in [0.1, 0.15) is 42.4 Å². The predicted octanol–water partition coefficient (Wildman–Crippen LogP) is 1.15. The maximum absolute atomic E-state index is 11.8. The highest BCUT2D eigenvalue weighted by molar-refractivity contribution is 5.91. The van der Waals surface area contributed by atoms with Gasteiger partial charge in [-0.2, -0.15) is 0 Å². The molecular formula is C13H23N3O3. The number of nitrogens with one attached hydrogen (secondary N) is 2. The van der Waals surface area contributed by atoms with Gasteiger partial charge in [-0.1, -0.05) is 19.0 Å². The van der Waals surface area contributed by atoms with E-state index in [9.17, 15) is 4.79 Å². The molecule has 0 saturated heterocycles. The molecule has 0 aliphatic heterocycles. The van der Waals surface area contributed by atoms with E-state index in [0.29, 0.717) is 25.6 Å². The van der Waals surface area contributed by atoms with Gasteiger partial charge >= 0.3 is 0 Å². The Bertz CT molecular complexity index is 379. The van der Waals surface area contributed by atoms with Crippen LogP contribution in [0.15, 0.2) is 10.6 Å². The fraction of sp³-hybridized carbons (Fsp3) is 0.692. The lowest BCUT2D eigenvalue weighted by atomic mass is 10.1. The number of aromatic nitrogens is 1. The van der Waals surface area contributed by atoms with Crippen molar-refractivity contribution >= 4 is 5.91 Å². The summed E-state index contributed by atoms with van der Waals surface area (Å²) in [5, 5.41) is 9.82. The Hall–Kier alpha value is -1.40. The van der Waals surface area contributed by atoms with Crippen molar-refractivity contribution in [2.24, 2.45) is 0 Å². The molecule has 108 valence electrons. The zero-order chi connectivity index (χ0) is 14.1. The summed E-state index contributed by atoms with van der Waals surface area (Å²) in [4.78, 5) is 11.8. The van der Waals surface area contributed by atoms with Crippen LogP contribution in [0.3, 0.4) is 0 Å². The summed E-state index contributed by atoms with van der Waals surface area (Å²) in [7, 11) is 1.66. The second-order valence-electron chi connectivity index (χ2n) is 4.42. The molecule has 1 unspecified atom stereocenters. The van der Waals surface area contributed by atoms with Gasteiger partial charge in [0.25, 0.3) is 5.91 Å². The second-order valence-corrected chi connectivity index (χ2v) is 4.42. The molecule has 0 bridgehead atoms. The number of carbonyl (C=O) groups is 1. The lowest BCUT2D eigenvalue weighted by Gasteiger charge is -2.04.